The summed E-state index contributed by atoms with van der Waals surface area (Å²) < 4.78 is 37.9. The van der Waals surface area contributed by atoms with Crippen LogP contribution in [-0.4, -0.2) is 28.9 Å². The van der Waals surface area contributed by atoms with Crippen LogP contribution in [0.5, 0.6) is 0 Å². The molecule has 7 heteroatoms. The van der Waals surface area contributed by atoms with Crippen molar-refractivity contribution in [2.24, 2.45) is 5.92 Å². The molecule has 108 valence electrons. The Hall–Kier alpha value is -1.63. The van der Waals surface area contributed by atoms with E-state index in [0.29, 0.717) is 24.3 Å². The minimum absolute atomic E-state index is 0.00144. The van der Waals surface area contributed by atoms with E-state index in [1.807, 2.05) is 0 Å². The molecule has 1 amide bonds. The van der Waals surface area contributed by atoms with Crippen LogP contribution in [0.3, 0.4) is 0 Å². The quantitative estimate of drug-likeness (QED) is 0.851. The van der Waals surface area contributed by atoms with Crippen molar-refractivity contribution in [1.29, 1.82) is 0 Å². The SMILES string of the molecule is O=C(C1CCNC1)N1Cc2cc(C(F)(F)F)cnc2C1. The minimum Gasteiger partial charge on any atom is -0.332 e. The molecule has 0 radical (unpaired) electrons. The smallest absolute Gasteiger partial charge is 0.332 e. The third-order valence-corrected chi connectivity index (χ3v) is 3.81. The van der Waals surface area contributed by atoms with Crippen LogP contribution in [0.4, 0.5) is 13.2 Å². The van der Waals surface area contributed by atoms with Crippen molar-refractivity contribution in [2.75, 3.05) is 13.1 Å². The van der Waals surface area contributed by atoms with Crippen LogP contribution in [-0.2, 0) is 24.1 Å². The maximum Gasteiger partial charge on any atom is 0.417 e. The van der Waals surface area contributed by atoms with Crippen LogP contribution < -0.4 is 5.32 Å². The van der Waals surface area contributed by atoms with E-state index < -0.39 is 11.7 Å². The van der Waals surface area contributed by atoms with Gasteiger partial charge in [-0.2, -0.15) is 13.2 Å². The summed E-state index contributed by atoms with van der Waals surface area (Å²) in [6.07, 6.45) is -2.77. The van der Waals surface area contributed by atoms with Crippen LogP contribution in [0.25, 0.3) is 0 Å². The molecule has 0 spiro atoms. The van der Waals surface area contributed by atoms with Gasteiger partial charge < -0.3 is 10.2 Å². The van der Waals surface area contributed by atoms with E-state index in [4.69, 9.17) is 0 Å². The van der Waals surface area contributed by atoms with Gasteiger partial charge >= 0.3 is 6.18 Å². The number of carbonyl (C=O) groups is 1. The zero-order chi connectivity index (χ0) is 14.3. The van der Waals surface area contributed by atoms with E-state index in [0.717, 1.165) is 25.2 Å². The van der Waals surface area contributed by atoms with Gasteiger partial charge in [0.1, 0.15) is 0 Å². The number of halogens is 3. The van der Waals surface area contributed by atoms with Crippen LogP contribution >= 0.6 is 0 Å². The van der Waals surface area contributed by atoms with E-state index in [2.05, 4.69) is 10.3 Å². The average Bonchev–Trinajstić information content (AvgIpc) is 3.05. The summed E-state index contributed by atoms with van der Waals surface area (Å²) in [7, 11) is 0. The summed E-state index contributed by atoms with van der Waals surface area (Å²) in [5.74, 6) is -0.0621. The van der Waals surface area contributed by atoms with Crippen molar-refractivity contribution in [3.8, 4) is 0 Å². The molecule has 2 aliphatic rings. The number of hydrogen-bond donors (Lipinski definition) is 1. The van der Waals surface area contributed by atoms with Crippen molar-refractivity contribution in [3.05, 3.63) is 29.1 Å². The van der Waals surface area contributed by atoms with E-state index >= 15 is 0 Å². The lowest BCUT2D eigenvalue weighted by atomic mass is 10.1. The fourth-order valence-electron chi connectivity index (χ4n) is 2.69. The molecule has 0 aliphatic carbocycles. The van der Waals surface area contributed by atoms with Gasteiger partial charge in [0.25, 0.3) is 0 Å². The summed E-state index contributed by atoms with van der Waals surface area (Å²) in [4.78, 5) is 17.7. The fraction of sp³-hybridized carbons (Fsp3) is 0.538. The van der Waals surface area contributed by atoms with Gasteiger partial charge in [-0.1, -0.05) is 0 Å². The standard InChI is InChI=1S/C13H14F3N3O/c14-13(15,16)10-3-9-6-19(7-11(9)18-5-10)12(20)8-1-2-17-4-8/h3,5,8,17H,1-2,4,6-7H2. The monoisotopic (exact) mass is 285 g/mol. The Morgan fingerprint density at radius 1 is 1.40 bits per heavy atom. The third-order valence-electron chi connectivity index (χ3n) is 3.81. The Bertz CT molecular complexity index is 538. The lowest BCUT2D eigenvalue weighted by Gasteiger charge is -2.18. The Morgan fingerprint density at radius 3 is 2.85 bits per heavy atom. The van der Waals surface area contributed by atoms with Crippen LogP contribution in [0.2, 0.25) is 0 Å². The molecule has 3 rings (SSSR count). The molecule has 2 aliphatic heterocycles. The van der Waals surface area contributed by atoms with Crippen molar-refractivity contribution in [1.82, 2.24) is 15.2 Å². The molecular formula is C13H14F3N3O. The lowest BCUT2D eigenvalue weighted by molar-refractivity contribution is -0.138. The lowest BCUT2D eigenvalue weighted by Crippen LogP contribution is -2.33. The average molecular weight is 285 g/mol. The van der Waals surface area contributed by atoms with Gasteiger partial charge in [0, 0.05) is 19.3 Å². The van der Waals surface area contributed by atoms with Gasteiger partial charge in [0.2, 0.25) is 5.91 Å². The highest BCUT2D eigenvalue weighted by Crippen LogP contribution is 2.32. The zero-order valence-electron chi connectivity index (χ0n) is 10.7. The fourth-order valence-corrected chi connectivity index (χ4v) is 2.69. The Balaban J connectivity index is 1.76. The molecule has 0 aromatic carbocycles. The predicted octanol–water partition coefficient (Wildman–Crippen LogP) is 1.55. The summed E-state index contributed by atoms with van der Waals surface area (Å²) in [5.41, 5.74) is 0.310. The zero-order valence-corrected chi connectivity index (χ0v) is 10.7. The number of rotatable bonds is 1. The van der Waals surface area contributed by atoms with E-state index in [1.165, 1.54) is 0 Å². The first-order valence-corrected chi connectivity index (χ1v) is 6.49. The number of carbonyl (C=O) groups excluding carboxylic acids is 1. The molecule has 1 N–H and O–H groups in total. The molecule has 1 unspecified atom stereocenters. The second-order valence-electron chi connectivity index (χ2n) is 5.21. The molecule has 3 heterocycles. The number of amides is 1. The van der Waals surface area contributed by atoms with E-state index in [-0.39, 0.29) is 18.4 Å². The first-order chi connectivity index (χ1) is 9.45. The molecule has 0 bridgehead atoms. The Morgan fingerprint density at radius 2 is 2.20 bits per heavy atom. The van der Waals surface area contributed by atoms with Crippen molar-refractivity contribution < 1.29 is 18.0 Å². The molecule has 1 aromatic rings. The van der Waals surface area contributed by atoms with Gasteiger partial charge in [-0.15, -0.1) is 0 Å². The largest absolute Gasteiger partial charge is 0.417 e. The van der Waals surface area contributed by atoms with Gasteiger partial charge in [0.15, 0.2) is 0 Å². The summed E-state index contributed by atoms with van der Waals surface area (Å²) in [5, 5.41) is 3.11. The highest BCUT2D eigenvalue weighted by molar-refractivity contribution is 5.80. The summed E-state index contributed by atoms with van der Waals surface area (Å²) in [6.45, 7) is 1.99. The second kappa shape index (κ2) is 4.73. The van der Waals surface area contributed by atoms with Crippen molar-refractivity contribution in [3.63, 3.8) is 0 Å². The van der Waals surface area contributed by atoms with Gasteiger partial charge in [-0.3, -0.25) is 9.78 Å². The van der Waals surface area contributed by atoms with E-state index in [1.54, 1.807) is 4.90 Å². The van der Waals surface area contributed by atoms with Gasteiger partial charge in [0.05, 0.1) is 23.7 Å². The molecular weight excluding hydrogens is 271 g/mol. The number of hydrogen-bond acceptors (Lipinski definition) is 3. The molecule has 1 atom stereocenters. The summed E-state index contributed by atoms with van der Waals surface area (Å²) >= 11 is 0. The maximum absolute atomic E-state index is 12.6. The van der Waals surface area contributed by atoms with Crippen LogP contribution in [0.1, 0.15) is 23.2 Å². The molecule has 1 aromatic heterocycles. The highest BCUT2D eigenvalue weighted by Gasteiger charge is 2.35. The number of fused-ring (bicyclic) bond motifs is 1. The first kappa shape index (κ1) is 13.4. The highest BCUT2D eigenvalue weighted by atomic mass is 19.4. The number of nitrogens with zero attached hydrogens (tertiary/aromatic N) is 2. The maximum atomic E-state index is 12.6. The molecule has 1 saturated heterocycles. The van der Waals surface area contributed by atoms with E-state index in [9.17, 15) is 18.0 Å². The van der Waals surface area contributed by atoms with Crippen LogP contribution in [0.15, 0.2) is 12.3 Å². The molecule has 20 heavy (non-hydrogen) atoms. The number of alkyl halides is 3. The van der Waals surface area contributed by atoms with Gasteiger partial charge in [-0.25, -0.2) is 0 Å². The minimum atomic E-state index is -4.39. The number of pyridine rings is 1. The predicted molar refractivity (Wildman–Crippen MR) is 64.5 cm³/mol. The third kappa shape index (κ3) is 2.37. The molecule has 4 nitrogen and oxygen atoms in total. The normalized spacial score (nSPS) is 22.1. The number of aromatic nitrogens is 1. The number of nitrogens with one attached hydrogen (secondary N) is 1. The first-order valence-electron chi connectivity index (χ1n) is 6.49. The van der Waals surface area contributed by atoms with Crippen LogP contribution in [0, 0.1) is 5.92 Å². The Labute approximate surface area is 114 Å². The van der Waals surface area contributed by atoms with Crippen molar-refractivity contribution >= 4 is 5.91 Å². The Kier molecular flexibility index (Phi) is 3.16. The topological polar surface area (TPSA) is 45.2 Å². The second-order valence-corrected chi connectivity index (χ2v) is 5.21. The van der Waals surface area contributed by atoms with Gasteiger partial charge in [-0.05, 0) is 24.6 Å². The van der Waals surface area contributed by atoms with Crippen molar-refractivity contribution in [2.45, 2.75) is 25.7 Å². The molecule has 0 saturated carbocycles. The summed E-state index contributed by atoms with van der Waals surface area (Å²) in [6, 6.07) is 1.10. The molecule has 1 fully saturated rings.